The number of benzene rings is 9. The van der Waals surface area contributed by atoms with Crippen molar-refractivity contribution < 1.29 is 8.22 Å². The molecule has 0 fully saturated rings. The van der Waals surface area contributed by atoms with Crippen molar-refractivity contribution in [2.75, 3.05) is 0 Å². The Balaban J connectivity index is 1.12. The molecule has 0 unspecified atom stereocenters. The number of nitrogens with zero attached hydrogens (tertiary/aromatic N) is 5. The number of hydrogen-bond donors (Lipinski definition) is 0. The lowest BCUT2D eigenvalue weighted by Crippen LogP contribution is -2.02. The van der Waals surface area contributed by atoms with Crippen LogP contribution in [-0.4, -0.2) is 24.1 Å². The second-order valence-electron chi connectivity index (χ2n) is 15.5. The first-order chi connectivity index (χ1) is 33.7. The van der Waals surface area contributed by atoms with Gasteiger partial charge in [0.15, 0.2) is 17.5 Å². The predicted molar refractivity (Wildman–Crippen MR) is 263 cm³/mol. The first kappa shape index (κ1) is 29.9. The Kier molecular flexibility index (Phi) is 6.75. The lowest BCUT2D eigenvalue weighted by molar-refractivity contribution is 1.07. The van der Waals surface area contributed by atoms with Crippen LogP contribution in [0, 0.1) is 0 Å². The molecule has 0 N–H and O–H groups in total. The summed E-state index contributed by atoms with van der Waals surface area (Å²) in [6.07, 6.45) is 0. The molecule has 0 radical (unpaired) electrons. The minimum Gasteiger partial charge on any atom is -0.309 e. The third-order valence-corrected chi connectivity index (χ3v) is 13.1. The average Bonchev–Trinajstić information content (AvgIpc) is 4.07. The van der Waals surface area contributed by atoms with E-state index in [1.54, 1.807) is 0 Å². The van der Waals surface area contributed by atoms with Crippen molar-refractivity contribution in [3.63, 3.8) is 0 Å². The maximum absolute atomic E-state index is 9.60. The predicted octanol–water partition coefficient (Wildman–Crippen LogP) is 15.1. The number of rotatable bonds is 6. The van der Waals surface area contributed by atoms with E-state index in [4.69, 9.17) is 20.4 Å². The van der Waals surface area contributed by atoms with Crippen LogP contribution in [0.1, 0.15) is 8.22 Å². The Morgan fingerprint density at radius 2 is 1.02 bits per heavy atom. The molecule has 0 aliphatic heterocycles. The summed E-state index contributed by atoms with van der Waals surface area (Å²) < 4.78 is 59.7. The summed E-state index contributed by atoms with van der Waals surface area (Å²) >= 11 is 1.23. The minimum atomic E-state index is -0.298. The molecule has 0 saturated carbocycles. The van der Waals surface area contributed by atoms with E-state index in [0.717, 1.165) is 60.4 Å². The van der Waals surface area contributed by atoms with Gasteiger partial charge in [-0.3, -0.25) is 0 Å². The van der Waals surface area contributed by atoms with Gasteiger partial charge in [0.05, 0.1) is 36.0 Å². The highest BCUT2D eigenvalue weighted by Gasteiger charge is 2.23. The smallest absolute Gasteiger partial charge is 0.164 e. The highest BCUT2D eigenvalue weighted by atomic mass is 32.1. The second kappa shape index (κ2) is 14.2. The number of hydrogen-bond acceptors (Lipinski definition) is 4. The van der Waals surface area contributed by atoms with Gasteiger partial charge in [-0.1, -0.05) is 164 Å². The van der Waals surface area contributed by atoms with E-state index in [9.17, 15) is 2.74 Å². The molecule has 0 spiro atoms. The summed E-state index contributed by atoms with van der Waals surface area (Å²) in [5, 5.41) is 4.72. The van der Waals surface area contributed by atoms with E-state index in [1.807, 2.05) is 97.1 Å². The van der Waals surface area contributed by atoms with Crippen LogP contribution in [0.3, 0.4) is 0 Å². The van der Waals surface area contributed by atoms with Gasteiger partial charge in [0, 0.05) is 75.2 Å². The molecule has 13 rings (SSSR count). The maximum atomic E-state index is 9.60. The van der Waals surface area contributed by atoms with Gasteiger partial charge in [0.25, 0.3) is 0 Å². The largest absolute Gasteiger partial charge is 0.309 e. The highest BCUT2D eigenvalue weighted by molar-refractivity contribution is 7.26. The molecule has 63 heavy (non-hydrogen) atoms. The van der Waals surface area contributed by atoms with E-state index >= 15 is 0 Å². The van der Waals surface area contributed by atoms with Gasteiger partial charge in [-0.05, 0) is 48.5 Å². The van der Waals surface area contributed by atoms with Crippen LogP contribution in [0.15, 0.2) is 212 Å². The third-order valence-electron chi connectivity index (χ3n) is 11.9. The Labute approximate surface area is 374 Å². The summed E-state index contributed by atoms with van der Waals surface area (Å²) in [5.74, 6) is 1.43. The van der Waals surface area contributed by atoms with Gasteiger partial charge < -0.3 is 9.13 Å². The van der Waals surface area contributed by atoms with E-state index in [-0.39, 0.29) is 41.6 Å². The summed E-state index contributed by atoms with van der Waals surface area (Å²) in [4.78, 5) is 15.8. The molecule has 0 amide bonds. The summed E-state index contributed by atoms with van der Waals surface area (Å²) in [6.45, 7) is 0. The fraction of sp³-hybridized carbons (Fsp3) is 0. The molecule has 0 bridgehead atoms. The van der Waals surface area contributed by atoms with Gasteiger partial charge in [0.2, 0.25) is 0 Å². The third kappa shape index (κ3) is 5.59. The van der Waals surface area contributed by atoms with Gasteiger partial charge in [-0.25, -0.2) is 15.0 Å². The fourth-order valence-electron chi connectivity index (χ4n) is 9.21. The second-order valence-corrected chi connectivity index (χ2v) is 16.5. The Morgan fingerprint density at radius 3 is 1.78 bits per heavy atom. The molecule has 4 heterocycles. The molecule has 13 aromatic rings. The first-order valence-electron chi connectivity index (χ1n) is 23.7. The molecule has 0 aliphatic rings. The van der Waals surface area contributed by atoms with Gasteiger partial charge in [0.1, 0.15) is 0 Å². The highest BCUT2D eigenvalue weighted by Crippen LogP contribution is 2.45. The average molecular weight is 828 g/mol. The monoisotopic (exact) mass is 827 g/mol. The SMILES string of the molecule is [2H]c1cc([2H])c2sc3c(-c4ccc(-c5nc(-c6ccccc6)nc(-c6cccc7c6c6ccccc6n7-c6ccccc6)n5)cc4-n4c5ccccc5c5ccccc54)c([2H])c([2H])c([2H])c3c2c1[2H]. The topological polar surface area (TPSA) is 48.5 Å². The van der Waals surface area contributed by atoms with Crippen LogP contribution in [0.4, 0.5) is 0 Å². The fourth-order valence-corrected chi connectivity index (χ4v) is 10.3. The van der Waals surface area contributed by atoms with Crippen LogP contribution in [-0.2, 0) is 0 Å². The lowest BCUT2D eigenvalue weighted by atomic mass is 9.98. The van der Waals surface area contributed by atoms with Crippen molar-refractivity contribution in [3.05, 3.63) is 212 Å². The number of para-hydroxylation sites is 4. The number of fused-ring (bicyclic) bond motifs is 9. The van der Waals surface area contributed by atoms with Gasteiger partial charge in [-0.2, -0.15) is 0 Å². The molecule has 0 aliphatic carbocycles. The van der Waals surface area contributed by atoms with E-state index in [0.29, 0.717) is 54.6 Å². The molecule has 9 aromatic carbocycles. The van der Waals surface area contributed by atoms with Crippen LogP contribution in [0.5, 0.6) is 0 Å². The molecule has 6 heteroatoms. The molecule has 294 valence electrons. The minimum absolute atomic E-state index is 0.0637. The number of aromatic nitrogens is 5. The van der Waals surface area contributed by atoms with Crippen LogP contribution >= 0.6 is 11.3 Å². The van der Waals surface area contributed by atoms with Crippen molar-refractivity contribution in [1.82, 2.24) is 24.1 Å². The Hall–Kier alpha value is -8.19. The normalized spacial score (nSPS) is 13.1. The van der Waals surface area contributed by atoms with Crippen molar-refractivity contribution in [2.24, 2.45) is 0 Å². The van der Waals surface area contributed by atoms with Crippen LogP contribution < -0.4 is 0 Å². The zero-order valence-corrected chi connectivity index (χ0v) is 34.2. The van der Waals surface area contributed by atoms with E-state index < -0.39 is 0 Å². The molecule has 0 atom stereocenters. The standard InChI is InChI=1S/C57H35N5S/c1-3-17-36(18-4-1)55-58-56(60-57(59-55)46-27-16-31-50-53(46)45-24-9-13-30-49(45)61(50)38-19-5-2-6-20-38)37-33-34-41(43-25-15-26-44-42-23-10-14-32-52(42)63-54(43)44)51(35-37)62-47-28-11-7-21-39(47)40-22-8-12-29-48(40)62/h1-35H/i10D,15D,23D,25D,26D,32D. The quantitative estimate of drug-likeness (QED) is 0.168. The zero-order chi connectivity index (χ0) is 46.7. The van der Waals surface area contributed by atoms with Crippen molar-refractivity contribution in [2.45, 2.75) is 0 Å². The lowest BCUT2D eigenvalue weighted by Gasteiger charge is -2.17. The van der Waals surface area contributed by atoms with Crippen molar-refractivity contribution in [3.8, 4) is 56.7 Å². The summed E-state index contributed by atoms with van der Waals surface area (Å²) in [7, 11) is 0. The van der Waals surface area contributed by atoms with Crippen LogP contribution in [0.25, 0.3) is 120 Å². The summed E-state index contributed by atoms with van der Waals surface area (Å²) in [5.41, 5.74) is 9.01. The zero-order valence-electron chi connectivity index (χ0n) is 39.4. The molecule has 5 nitrogen and oxygen atoms in total. The summed E-state index contributed by atoms with van der Waals surface area (Å²) in [6, 6.07) is 57.7. The van der Waals surface area contributed by atoms with Crippen molar-refractivity contribution >= 4 is 75.1 Å². The Bertz CT molecular complexity index is 4220. The molecular weight excluding hydrogens is 787 g/mol. The molecular formula is C57H35N5S. The van der Waals surface area contributed by atoms with E-state index in [1.165, 1.54) is 17.4 Å². The van der Waals surface area contributed by atoms with Gasteiger partial charge in [-0.15, -0.1) is 11.3 Å². The first-order valence-corrected chi connectivity index (χ1v) is 21.5. The number of thiophene rings is 1. The maximum Gasteiger partial charge on any atom is 0.164 e. The Morgan fingerprint density at radius 1 is 0.397 bits per heavy atom. The molecule has 4 aromatic heterocycles. The van der Waals surface area contributed by atoms with E-state index in [2.05, 4.69) is 81.9 Å². The van der Waals surface area contributed by atoms with Crippen LogP contribution in [0.2, 0.25) is 0 Å². The van der Waals surface area contributed by atoms with Gasteiger partial charge >= 0.3 is 0 Å². The molecule has 0 saturated heterocycles. The van der Waals surface area contributed by atoms with Crippen molar-refractivity contribution in [1.29, 1.82) is 0 Å².